The Kier molecular flexibility index (Phi) is 4.82. The lowest BCUT2D eigenvalue weighted by Gasteiger charge is -2.09. The Morgan fingerprint density at radius 1 is 1.26 bits per heavy atom. The third-order valence-corrected chi connectivity index (χ3v) is 4.52. The highest BCUT2D eigenvalue weighted by atomic mass is 127. The van der Waals surface area contributed by atoms with E-state index in [9.17, 15) is 4.79 Å². The number of halogens is 2. The minimum absolute atomic E-state index is 0.0974. The number of benzene rings is 2. The number of amides is 1. The van der Waals surface area contributed by atoms with E-state index in [4.69, 9.17) is 11.6 Å². The largest absolute Gasteiger partial charge is 0.322 e. The molecule has 0 bridgehead atoms. The number of hydrogen-bond acceptors (Lipinski definition) is 1. The SMILES string of the molecule is Cc1cccc(C(=O)Nc2cccc(CCl)c2)c1I. The average Bonchev–Trinajstić information content (AvgIpc) is 2.42. The van der Waals surface area contributed by atoms with Crippen molar-refractivity contribution in [3.05, 3.63) is 62.7 Å². The number of hydrogen-bond donors (Lipinski definition) is 1. The molecule has 2 nitrogen and oxygen atoms in total. The lowest BCUT2D eigenvalue weighted by Crippen LogP contribution is -2.14. The maximum absolute atomic E-state index is 12.2. The summed E-state index contributed by atoms with van der Waals surface area (Å²) in [5, 5.41) is 2.90. The van der Waals surface area contributed by atoms with Crippen molar-refractivity contribution < 1.29 is 4.79 Å². The summed E-state index contributed by atoms with van der Waals surface area (Å²) in [5.74, 6) is 0.339. The zero-order chi connectivity index (χ0) is 13.8. The highest BCUT2D eigenvalue weighted by molar-refractivity contribution is 14.1. The number of aryl methyl sites for hydroxylation is 1. The minimum atomic E-state index is -0.0974. The van der Waals surface area contributed by atoms with Gasteiger partial charge in [-0.05, 0) is 58.8 Å². The molecule has 0 unspecified atom stereocenters. The molecule has 0 aliphatic heterocycles. The highest BCUT2D eigenvalue weighted by Gasteiger charge is 2.11. The molecular formula is C15H13ClINO. The zero-order valence-electron chi connectivity index (χ0n) is 10.4. The molecule has 0 aromatic heterocycles. The predicted molar refractivity (Wildman–Crippen MR) is 87.8 cm³/mol. The maximum Gasteiger partial charge on any atom is 0.256 e. The Bertz CT molecular complexity index is 613. The van der Waals surface area contributed by atoms with E-state index in [2.05, 4.69) is 27.9 Å². The Morgan fingerprint density at radius 3 is 2.74 bits per heavy atom. The van der Waals surface area contributed by atoms with Gasteiger partial charge in [-0.25, -0.2) is 0 Å². The van der Waals surface area contributed by atoms with E-state index in [-0.39, 0.29) is 5.91 Å². The van der Waals surface area contributed by atoms with Gasteiger partial charge in [-0.2, -0.15) is 0 Å². The monoisotopic (exact) mass is 385 g/mol. The summed E-state index contributed by atoms with van der Waals surface area (Å²) in [4.78, 5) is 12.2. The Labute approximate surface area is 131 Å². The summed E-state index contributed by atoms with van der Waals surface area (Å²) >= 11 is 7.98. The van der Waals surface area contributed by atoms with Crippen LogP contribution in [0.2, 0.25) is 0 Å². The van der Waals surface area contributed by atoms with Crippen LogP contribution in [-0.2, 0) is 5.88 Å². The summed E-state index contributed by atoms with van der Waals surface area (Å²) in [6.45, 7) is 1.99. The van der Waals surface area contributed by atoms with Crippen LogP contribution >= 0.6 is 34.2 Å². The van der Waals surface area contributed by atoms with Crippen LogP contribution in [0.1, 0.15) is 21.5 Å². The molecule has 0 aliphatic rings. The van der Waals surface area contributed by atoms with Crippen LogP contribution in [0.25, 0.3) is 0 Å². The summed E-state index contributed by atoms with van der Waals surface area (Å²) in [7, 11) is 0. The van der Waals surface area contributed by atoms with Gasteiger partial charge in [0.15, 0.2) is 0 Å². The molecule has 0 aliphatic carbocycles. The van der Waals surface area contributed by atoms with Crippen molar-refractivity contribution in [3.63, 3.8) is 0 Å². The third-order valence-electron chi connectivity index (χ3n) is 2.78. The van der Waals surface area contributed by atoms with Crippen LogP contribution in [0.3, 0.4) is 0 Å². The van der Waals surface area contributed by atoms with Gasteiger partial charge in [0, 0.05) is 15.1 Å². The third kappa shape index (κ3) is 3.48. The molecule has 0 spiro atoms. The number of carbonyl (C=O) groups excluding carboxylic acids is 1. The lowest BCUT2D eigenvalue weighted by molar-refractivity contribution is 0.102. The summed E-state index contributed by atoms with van der Waals surface area (Å²) in [6.07, 6.45) is 0. The smallest absolute Gasteiger partial charge is 0.256 e. The van der Waals surface area contributed by atoms with Gasteiger partial charge in [0.25, 0.3) is 5.91 Å². The van der Waals surface area contributed by atoms with Gasteiger partial charge in [0.05, 0.1) is 5.56 Å². The van der Waals surface area contributed by atoms with E-state index in [0.29, 0.717) is 11.4 Å². The fourth-order valence-electron chi connectivity index (χ4n) is 1.75. The predicted octanol–water partition coefficient (Wildman–Crippen LogP) is 4.59. The summed E-state index contributed by atoms with van der Waals surface area (Å²) < 4.78 is 0.978. The quantitative estimate of drug-likeness (QED) is 0.607. The van der Waals surface area contributed by atoms with Crippen LogP contribution in [0.15, 0.2) is 42.5 Å². The lowest BCUT2D eigenvalue weighted by atomic mass is 10.1. The van der Waals surface area contributed by atoms with E-state index < -0.39 is 0 Å². The topological polar surface area (TPSA) is 29.1 Å². The van der Waals surface area contributed by atoms with Crippen molar-refractivity contribution in [1.29, 1.82) is 0 Å². The first kappa shape index (κ1) is 14.3. The molecule has 4 heteroatoms. The van der Waals surface area contributed by atoms with E-state index in [0.717, 1.165) is 20.4 Å². The normalized spacial score (nSPS) is 10.3. The molecular weight excluding hydrogens is 373 g/mol. The number of rotatable bonds is 3. The van der Waals surface area contributed by atoms with Gasteiger partial charge >= 0.3 is 0 Å². The van der Waals surface area contributed by atoms with Crippen molar-refractivity contribution >= 4 is 45.8 Å². The van der Waals surface area contributed by atoms with Crippen molar-refractivity contribution in [2.45, 2.75) is 12.8 Å². The Hall–Kier alpha value is -1.07. The molecule has 0 atom stereocenters. The number of carbonyl (C=O) groups is 1. The second-order valence-electron chi connectivity index (χ2n) is 4.22. The van der Waals surface area contributed by atoms with Crippen molar-refractivity contribution in [2.24, 2.45) is 0 Å². The second-order valence-corrected chi connectivity index (χ2v) is 5.57. The van der Waals surface area contributed by atoms with Gasteiger partial charge in [-0.15, -0.1) is 11.6 Å². The zero-order valence-corrected chi connectivity index (χ0v) is 13.3. The van der Waals surface area contributed by atoms with Crippen LogP contribution in [0, 0.1) is 10.5 Å². The van der Waals surface area contributed by atoms with Crippen molar-refractivity contribution in [3.8, 4) is 0 Å². The van der Waals surface area contributed by atoms with Gasteiger partial charge in [-0.3, -0.25) is 4.79 Å². The van der Waals surface area contributed by atoms with Gasteiger partial charge in [-0.1, -0.05) is 24.3 Å². The van der Waals surface area contributed by atoms with Crippen LogP contribution in [0.4, 0.5) is 5.69 Å². The van der Waals surface area contributed by atoms with Crippen molar-refractivity contribution in [1.82, 2.24) is 0 Å². The first-order chi connectivity index (χ1) is 9.11. The van der Waals surface area contributed by atoms with Crippen molar-refractivity contribution in [2.75, 3.05) is 5.32 Å². The van der Waals surface area contributed by atoms with E-state index >= 15 is 0 Å². The summed E-state index contributed by atoms with van der Waals surface area (Å²) in [5.41, 5.74) is 3.54. The standard InChI is InChI=1S/C15H13ClINO/c1-10-4-2-7-13(14(10)17)15(19)18-12-6-3-5-11(8-12)9-16/h2-8H,9H2,1H3,(H,18,19). The Balaban J connectivity index is 2.23. The molecule has 0 saturated carbocycles. The Morgan fingerprint density at radius 2 is 2.00 bits per heavy atom. The molecule has 2 aromatic carbocycles. The van der Waals surface area contributed by atoms with Gasteiger partial charge in [0.1, 0.15) is 0 Å². The average molecular weight is 386 g/mol. The molecule has 0 saturated heterocycles. The van der Waals surface area contributed by atoms with E-state index in [1.165, 1.54) is 0 Å². The van der Waals surface area contributed by atoms with E-state index in [1.807, 2.05) is 49.4 Å². The number of nitrogens with one attached hydrogen (secondary N) is 1. The molecule has 0 radical (unpaired) electrons. The fourth-order valence-corrected chi connectivity index (χ4v) is 2.52. The van der Waals surface area contributed by atoms with E-state index in [1.54, 1.807) is 0 Å². The minimum Gasteiger partial charge on any atom is -0.322 e. The molecule has 0 heterocycles. The molecule has 1 N–H and O–H groups in total. The molecule has 2 rings (SSSR count). The van der Waals surface area contributed by atoms with Crippen LogP contribution in [0.5, 0.6) is 0 Å². The van der Waals surface area contributed by atoms with Crippen LogP contribution in [-0.4, -0.2) is 5.91 Å². The second kappa shape index (κ2) is 6.39. The molecule has 2 aromatic rings. The first-order valence-corrected chi connectivity index (χ1v) is 7.44. The molecule has 0 fully saturated rings. The highest BCUT2D eigenvalue weighted by Crippen LogP contribution is 2.19. The molecule has 98 valence electrons. The fraction of sp³-hybridized carbons (Fsp3) is 0.133. The number of anilines is 1. The van der Waals surface area contributed by atoms with Gasteiger partial charge in [0.2, 0.25) is 0 Å². The number of alkyl halides is 1. The molecule has 19 heavy (non-hydrogen) atoms. The molecule has 1 amide bonds. The summed E-state index contributed by atoms with van der Waals surface area (Å²) in [6, 6.07) is 13.3. The maximum atomic E-state index is 12.2. The van der Waals surface area contributed by atoms with Gasteiger partial charge < -0.3 is 5.32 Å². The first-order valence-electron chi connectivity index (χ1n) is 5.83. The van der Waals surface area contributed by atoms with Crippen LogP contribution < -0.4 is 5.32 Å².